The molecule has 0 radical (unpaired) electrons. The summed E-state index contributed by atoms with van der Waals surface area (Å²) in [4.78, 5) is 18.2. The van der Waals surface area contributed by atoms with Gasteiger partial charge in [-0.15, -0.1) is 0 Å². The molecule has 0 saturated carbocycles. The number of aromatic nitrogens is 3. The number of morpholine rings is 1. The Bertz CT molecular complexity index is 1390. The highest BCUT2D eigenvalue weighted by Crippen LogP contribution is 2.34. The van der Waals surface area contributed by atoms with Crippen molar-refractivity contribution in [1.29, 1.82) is 0 Å². The molecule has 1 saturated heterocycles. The van der Waals surface area contributed by atoms with Crippen molar-refractivity contribution < 1.29 is 23.0 Å². The fourth-order valence-electron chi connectivity index (χ4n) is 4.65. The predicted octanol–water partition coefficient (Wildman–Crippen LogP) is 4.60. The molecule has 4 aromatic rings. The fourth-order valence-corrected chi connectivity index (χ4v) is 4.65. The zero-order valence-corrected chi connectivity index (χ0v) is 19.8. The van der Waals surface area contributed by atoms with E-state index in [1.807, 2.05) is 49.0 Å². The van der Waals surface area contributed by atoms with Crippen LogP contribution in [-0.4, -0.2) is 57.9 Å². The smallest absolute Gasteiger partial charge is 0.409 e. The van der Waals surface area contributed by atoms with Crippen molar-refractivity contribution in [3.8, 4) is 22.5 Å². The number of methoxy groups -OCH3 is 1. The number of amides is 1. The molecule has 3 aromatic heterocycles. The number of benzene rings is 1. The number of pyridine rings is 1. The Kier molecular flexibility index (Phi) is 6.02. The van der Waals surface area contributed by atoms with Crippen molar-refractivity contribution in [3.63, 3.8) is 0 Å². The Morgan fingerprint density at radius 1 is 1.20 bits per heavy atom. The summed E-state index contributed by atoms with van der Waals surface area (Å²) in [5, 5.41) is 0. The van der Waals surface area contributed by atoms with Gasteiger partial charge < -0.3 is 23.3 Å². The van der Waals surface area contributed by atoms with Crippen LogP contribution >= 0.6 is 0 Å². The van der Waals surface area contributed by atoms with Crippen LogP contribution in [0.15, 0.2) is 48.8 Å². The van der Waals surface area contributed by atoms with Gasteiger partial charge in [-0.3, -0.25) is 0 Å². The van der Waals surface area contributed by atoms with Gasteiger partial charge in [0.1, 0.15) is 17.3 Å². The average molecular weight is 481 g/mol. The Hall–Kier alpha value is -3.72. The Balaban J connectivity index is 1.59. The number of carbonyl (C=O) groups excluding carboxylic acids is 1. The van der Waals surface area contributed by atoms with Gasteiger partial charge in [-0.25, -0.2) is 18.6 Å². The molecule has 0 bridgehead atoms. The maximum Gasteiger partial charge on any atom is 0.409 e. The minimum atomic E-state index is -0.691. The van der Waals surface area contributed by atoms with Crippen molar-refractivity contribution in [3.05, 3.63) is 71.7 Å². The van der Waals surface area contributed by atoms with Crippen LogP contribution in [0.25, 0.3) is 28.2 Å². The molecule has 1 atom stereocenters. The lowest BCUT2D eigenvalue weighted by Gasteiger charge is -2.32. The molecule has 1 aliphatic rings. The number of rotatable bonds is 4. The lowest BCUT2D eigenvalue weighted by Crippen LogP contribution is -2.46. The maximum atomic E-state index is 15.5. The zero-order chi connectivity index (χ0) is 24.7. The monoisotopic (exact) mass is 480 g/mol. The second-order valence-electron chi connectivity index (χ2n) is 8.77. The van der Waals surface area contributed by atoms with Gasteiger partial charge in [-0.1, -0.05) is 0 Å². The first-order valence-corrected chi connectivity index (χ1v) is 11.4. The molecule has 1 aromatic carbocycles. The number of hydrogen-bond donors (Lipinski definition) is 0. The number of aryl methyl sites for hydroxylation is 2. The molecular formula is C26H26F2N4O3. The molecule has 9 heteroatoms. The van der Waals surface area contributed by atoms with Gasteiger partial charge in [0.15, 0.2) is 0 Å². The van der Waals surface area contributed by atoms with Crippen LogP contribution in [0.1, 0.15) is 11.3 Å². The van der Waals surface area contributed by atoms with E-state index in [-0.39, 0.29) is 17.4 Å². The number of halogens is 2. The lowest BCUT2D eigenvalue weighted by molar-refractivity contribution is -0.0241. The third-order valence-electron chi connectivity index (χ3n) is 6.39. The first-order valence-electron chi connectivity index (χ1n) is 11.4. The number of fused-ring (bicyclic) bond motifs is 1. The molecule has 7 nitrogen and oxygen atoms in total. The molecular weight excluding hydrogens is 454 g/mol. The lowest BCUT2D eigenvalue weighted by atomic mass is 10.0. The number of carbonyl (C=O) groups is 1. The van der Waals surface area contributed by atoms with E-state index in [0.717, 1.165) is 5.56 Å². The summed E-state index contributed by atoms with van der Waals surface area (Å²) in [5.74, 6) is -1.38. The summed E-state index contributed by atoms with van der Waals surface area (Å²) in [6, 6.07) is 10.1. The minimum absolute atomic E-state index is 0.181. The second kappa shape index (κ2) is 9.14. The van der Waals surface area contributed by atoms with Crippen LogP contribution < -0.4 is 0 Å². The van der Waals surface area contributed by atoms with Crippen LogP contribution in [-0.2, 0) is 22.9 Å². The normalized spacial score (nSPS) is 16.1. The molecule has 0 aliphatic carbocycles. The molecule has 5 rings (SSSR count). The quantitative estimate of drug-likeness (QED) is 0.428. The summed E-state index contributed by atoms with van der Waals surface area (Å²) >= 11 is 0. The first kappa shape index (κ1) is 23.0. The van der Waals surface area contributed by atoms with Crippen LogP contribution in [0.3, 0.4) is 0 Å². The van der Waals surface area contributed by atoms with Gasteiger partial charge in [-0.05, 0) is 48.9 Å². The largest absolute Gasteiger partial charge is 0.453 e. The highest BCUT2D eigenvalue weighted by Gasteiger charge is 2.29. The minimum Gasteiger partial charge on any atom is -0.453 e. The summed E-state index contributed by atoms with van der Waals surface area (Å²) in [7, 11) is 3.16. The Labute approximate surface area is 201 Å². The molecule has 1 unspecified atom stereocenters. The third-order valence-corrected chi connectivity index (χ3v) is 6.39. The SMILES string of the molecule is COC(=O)N1CCOC(Cc2c(-c3c(F)cc(-c4cccn4C)cc3F)nc3cc(C)ccn23)C1. The summed E-state index contributed by atoms with van der Waals surface area (Å²) < 4.78 is 45.4. The van der Waals surface area contributed by atoms with Crippen LogP contribution in [0, 0.1) is 18.6 Å². The van der Waals surface area contributed by atoms with E-state index < -0.39 is 17.7 Å². The number of hydrogen-bond acceptors (Lipinski definition) is 4. The summed E-state index contributed by atoms with van der Waals surface area (Å²) in [6.07, 6.45) is 3.16. The van der Waals surface area contributed by atoms with Crippen molar-refractivity contribution in [2.45, 2.75) is 19.4 Å². The van der Waals surface area contributed by atoms with Gasteiger partial charge in [0.2, 0.25) is 0 Å². The number of ether oxygens (including phenoxy) is 2. The zero-order valence-electron chi connectivity index (χ0n) is 19.8. The number of imidazole rings is 1. The van der Waals surface area contributed by atoms with E-state index in [4.69, 9.17) is 9.47 Å². The molecule has 1 amide bonds. The van der Waals surface area contributed by atoms with E-state index in [9.17, 15) is 4.79 Å². The van der Waals surface area contributed by atoms with E-state index in [0.29, 0.717) is 48.7 Å². The molecule has 0 spiro atoms. The molecule has 0 N–H and O–H groups in total. The standard InChI is InChI=1S/C26H26F2N4O3/c1-16-6-8-32-22(14-18-15-31(9-10-35-18)26(33)34-3)25(29-23(32)11-16)24-19(27)12-17(13-20(24)28)21-5-4-7-30(21)2/h4-8,11-13,18H,9-10,14-15H2,1-3H3. The average Bonchev–Trinajstić information content (AvgIpc) is 3.41. The number of nitrogens with zero attached hydrogens (tertiary/aromatic N) is 4. The molecule has 35 heavy (non-hydrogen) atoms. The fraction of sp³-hybridized carbons (Fsp3) is 0.308. The summed E-state index contributed by atoms with van der Waals surface area (Å²) in [5.41, 5.74) is 3.37. The van der Waals surface area contributed by atoms with Gasteiger partial charge in [0, 0.05) is 43.7 Å². The van der Waals surface area contributed by atoms with E-state index >= 15 is 8.78 Å². The van der Waals surface area contributed by atoms with Gasteiger partial charge in [0.25, 0.3) is 0 Å². The van der Waals surface area contributed by atoms with Crippen LogP contribution in [0.4, 0.5) is 13.6 Å². The third kappa shape index (κ3) is 4.27. The van der Waals surface area contributed by atoms with Crippen molar-refractivity contribution in [1.82, 2.24) is 18.9 Å². The molecule has 1 fully saturated rings. The maximum absolute atomic E-state index is 15.5. The summed E-state index contributed by atoms with van der Waals surface area (Å²) in [6.45, 7) is 3.01. The van der Waals surface area contributed by atoms with E-state index in [2.05, 4.69) is 4.98 Å². The van der Waals surface area contributed by atoms with Crippen molar-refractivity contribution >= 4 is 11.7 Å². The van der Waals surface area contributed by atoms with Gasteiger partial charge in [-0.2, -0.15) is 0 Å². The highest BCUT2D eigenvalue weighted by molar-refractivity contribution is 5.72. The Morgan fingerprint density at radius 2 is 1.97 bits per heavy atom. The highest BCUT2D eigenvalue weighted by atomic mass is 19.1. The topological polar surface area (TPSA) is 61.0 Å². The van der Waals surface area contributed by atoms with Crippen molar-refractivity contribution in [2.24, 2.45) is 7.05 Å². The molecule has 4 heterocycles. The van der Waals surface area contributed by atoms with Crippen LogP contribution in [0.2, 0.25) is 0 Å². The van der Waals surface area contributed by atoms with E-state index in [1.165, 1.54) is 19.2 Å². The van der Waals surface area contributed by atoms with Crippen LogP contribution in [0.5, 0.6) is 0 Å². The Morgan fingerprint density at radius 3 is 2.66 bits per heavy atom. The van der Waals surface area contributed by atoms with Crippen molar-refractivity contribution in [2.75, 3.05) is 26.8 Å². The second-order valence-corrected chi connectivity index (χ2v) is 8.77. The molecule has 182 valence electrons. The molecule has 1 aliphatic heterocycles. The van der Waals surface area contributed by atoms with Gasteiger partial charge >= 0.3 is 6.09 Å². The van der Waals surface area contributed by atoms with E-state index in [1.54, 1.807) is 15.5 Å². The predicted molar refractivity (Wildman–Crippen MR) is 127 cm³/mol. The van der Waals surface area contributed by atoms with Gasteiger partial charge in [0.05, 0.1) is 43.3 Å². The first-order chi connectivity index (χ1) is 16.9.